The molecule has 10 atom stereocenters. The lowest BCUT2D eigenvalue weighted by Crippen LogP contribution is -2.67. The van der Waals surface area contributed by atoms with Crippen LogP contribution in [-0.2, 0) is 0 Å². The first-order valence-corrected chi connectivity index (χ1v) is 12.5. The van der Waals surface area contributed by atoms with Crippen molar-refractivity contribution >= 4 is 25.3 Å². The van der Waals surface area contributed by atoms with E-state index in [1.807, 2.05) is 0 Å². The molecule has 6 fully saturated rings. The van der Waals surface area contributed by atoms with Gasteiger partial charge in [0.15, 0.2) is 0 Å². The molecule has 26 heavy (non-hydrogen) atoms. The molecule has 0 spiro atoms. The van der Waals surface area contributed by atoms with Gasteiger partial charge in [0, 0.05) is 10.00 Å². The van der Waals surface area contributed by atoms with Crippen molar-refractivity contribution in [3.05, 3.63) is 0 Å². The van der Waals surface area contributed by atoms with E-state index in [0.717, 1.165) is 35.5 Å². The summed E-state index contributed by atoms with van der Waals surface area (Å²) in [6, 6.07) is 0. The van der Waals surface area contributed by atoms with Gasteiger partial charge >= 0.3 is 0 Å². The summed E-state index contributed by atoms with van der Waals surface area (Å²) in [5.74, 6) is 5.32. The summed E-state index contributed by atoms with van der Waals surface area (Å²) < 4.78 is 0.267. The zero-order valence-corrected chi connectivity index (χ0v) is 19.4. The lowest BCUT2D eigenvalue weighted by molar-refractivity contribution is -0.118. The molecule has 0 aromatic heterocycles. The van der Waals surface area contributed by atoms with E-state index in [1.165, 1.54) is 51.4 Å². The van der Waals surface area contributed by atoms with Crippen LogP contribution in [0.2, 0.25) is 0 Å². The molecule has 0 aromatic carbocycles. The molecular formula is C24H40S2. The standard InChI is InChI=1S/C24H40S2/c1-14(2)21(4)10-16-6-7-18(16)23(15(3)25)11-17-8-9-22(5)19(17)12-24(22,26)20(21)13-23/h14-20,25-26H,6-13H2,1-5H3. The van der Waals surface area contributed by atoms with E-state index in [4.69, 9.17) is 25.3 Å². The lowest BCUT2D eigenvalue weighted by Gasteiger charge is -2.69. The first-order chi connectivity index (χ1) is 12.1. The highest BCUT2D eigenvalue weighted by Gasteiger charge is 2.74. The van der Waals surface area contributed by atoms with E-state index in [1.54, 1.807) is 0 Å². The predicted molar refractivity (Wildman–Crippen MR) is 118 cm³/mol. The van der Waals surface area contributed by atoms with Crippen LogP contribution in [0.4, 0.5) is 0 Å². The largest absolute Gasteiger partial charge is 0.176 e. The van der Waals surface area contributed by atoms with Gasteiger partial charge in [0.25, 0.3) is 0 Å². The fraction of sp³-hybridized carbons (Fsp3) is 1.00. The topological polar surface area (TPSA) is 0 Å². The van der Waals surface area contributed by atoms with Crippen LogP contribution in [-0.4, -0.2) is 10.00 Å². The maximum atomic E-state index is 5.65. The Hall–Kier alpha value is 0.700. The second-order valence-electron chi connectivity index (χ2n) is 12.1. The summed E-state index contributed by atoms with van der Waals surface area (Å²) in [5, 5.41) is 0.536. The monoisotopic (exact) mass is 392 g/mol. The average molecular weight is 393 g/mol. The minimum absolute atomic E-state index is 0.267. The Morgan fingerprint density at radius 1 is 0.846 bits per heavy atom. The van der Waals surface area contributed by atoms with Crippen LogP contribution >= 0.6 is 25.3 Å². The Bertz CT molecular complexity index is 609. The molecule has 6 aliphatic rings. The van der Waals surface area contributed by atoms with Gasteiger partial charge in [-0.2, -0.15) is 25.3 Å². The van der Waals surface area contributed by atoms with E-state index < -0.39 is 0 Å². The van der Waals surface area contributed by atoms with Crippen LogP contribution < -0.4 is 0 Å². The zero-order chi connectivity index (χ0) is 18.7. The third-order valence-corrected chi connectivity index (χ3v) is 13.1. The molecule has 0 aromatic rings. The predicted octanol–water partition coefficient (Wildman–Crippen LogP) is 6.90. The van der Waals surface area contributed by atoms with Crippen LogP contribution in [0.3, 0.4) is 0 Å². The van der Waals surface area contributed by atoms with Crippen LogP contribution in [0.15, 0.2) is 0 Å². The van der Waals surface area contributed by atoms with Crippen LogP contribution in [0.5, 0.6) is 0 Å². The molecule has 6 rings (SSSR count). The molecule has 0 radical (unpaired) electrons. The van der Waals surface area contributed by atoms with Crippen molar-refractivity contribution in [2.75, 3.05) is 0 Å². The van der Waals surface area contributed by atoms with Gasteiger partial charge in [0.1, 0.15) is 0 Å². The number of hydrogen-bond donors (Lipinski definition) is 2. The summed E-state index contributed by atoms with van der Waals surface area (Å²) in [7, 11) is 0. The van der Waals surface area contributed by atoms with Gasteiger partial charge < -0.3 is 0 Å². The molecule has 6 aliphatic carbocycles. The van der Waals surface area contributed by atoms with Crippen LogP contribution in [0, 0.1) is 51.8 Å². The van der Waals surface area contributed by atoms with Crippen LogP contribution in [0.25, 0.3) is 0 Å². The highest BCUT2D eigenvalue weighted by molar-refractivity contribution is 7.82. The van der Waals surface area contributed by atoms with Crippen molar-refractivity contribution in [3.8, 4) is 0 Å². The lowest BCUT2D eigenvalue weighted by atomic mass is 9.41. The van der Waals surface area contributed by atoms with Gasteiger partial charge in [-0.3, -0.25) is 0 Å². The van der Waals surface area contributed by atoms with E-state index >= 15 is 0 Å². The first-order valence-electron chi connectivity index (χ1n) is 11.5. The highest BCUT2D eigenvalue weighted by atomic mass is 32.1. The first kappa shape index (κ1) is 18.7. The summed E-state index contributed by atoms with van der Waals surface area (Å²) in [6.07, 6.45) is 11.6. The van der Waals surface area contributed by atoms with Crippen molar-refractivity contribution in [1.82, 2.24) is 0 Å². The molecule has 0 nitrogen and oxygen atoms in total. The van der Waals surface area contributed by atoms with Crippen molar-refractivity contribution < 1.29 is 0 Å². The molecule has 2 heteroatoms. The van der Waals surface area contributed by atoms with Gasteiger partial charge in [-0.1, -0.05) is 34.6 Å². The van der Waals surface area contributed by atoms with Gasteiger partial charge in [0.05, 0.1) is 0 Å². The molecule has 6 saturated carbocycles. The fourth-order valence-corrected chi connectivity index (χ4v) is 10.6. The van der Waals surface area contributed by atoms with Gasteiger partial charge in [0.2, 0.25) is 0 Å². The van der Waals surface area contributed by atoms with E-state index in [0.29, 0.717) is 21.5 Å². The van der Waals surface area contributed by atoms with E-state index in [9.17, 15) is 0 Å². The second-order valence-corrected chi connectivity index (χ2v) is 13.7. The number of thiol groups is 2. The minimum Gasteiger partial charge on any atom is -0.176 e. The number of rotatable bonds is 2. The summed E-state index contributed by atoms with van der Waals surface area (Å²) in [6.45, 7) is 12.8. The quantitative estimate of drug-likeness (QED) is 0.469. The SMILES string of the molecule is CC(C)C1(C)CC2CCC2C2(C(C)S)CC3CCC4(C)C3CC4(S)C1C2. The number of hydrogen-bond acceptors (Lipinski definition) is 2. The molecule has 0 heterocycles. The van der Waals surface area contributed by atoms with E-state index in [2.05, 4.69) is 34.6 Å². The average Bonchev–Trinajstić information content (AvgIpc) is 2.76. The molecule has 0 aliphatic heterocycles. The Labute approximate surface area is 172 Å². The molecular weight excluding hydrogens is 352 g/mol. The van der Waals surface area contributed by atoms with Crippen molar-refractivity contribution in [1.29, 1.82) is 0 Å². The third kappa shape index (κ3) is 1.93. The van der Waals surface area contributed by atoms with Gasteiger partial charge in [-0.15, -0.1) is 0 Å². The summed E-state index contributed by atoms with van der Waals surface area (Å²) in [4.78, 5) is 0. The highest BCUT2D eigenvalue weighted by Crippen LogP contribution is 2.79. The van der Waals surface area contributed by atoms with Crippen molar-refractivity contribution in [3.63, 3.8) is 0 Å². The molecule has 10 unspecified atom stereocenters. The van der Waals surface area contributed by atoms with E-state index in [-0.39, 0.29) is 4.75 Å². The molecule has 6 bridgehead atoms. The minimum atomic E-state index is 0.267. The Kier molecular flexibility index (Phi) is 3.91. The Morgan fingerprint density at radius 3 is 2.12 bits per heavy atom. The van der Waals surface area contributed by atoms with Crippen LogP contribution in [0.1, 0.15) is 86.0 Å². The zero-order valence-electron chi connectivity index (χ0n) is 17.6. The Balaban J connectivity index is 1.70. The normalized spacial score (nSPS) is 61.6. The van der Waals surface area contributed by atoms with Gasteiger partial charge in [-0.05, 0) is 103 Å². The molecule has 0 saturated heterocycles. The molecule has 0 amide bonds. The van der Waals surface area contributed by atoms with Crippen molar-refractivity contribution in [2.45, 2.75) is 96.0 Å². The number of fused-ring (bicyclic) bond motifs is 1. The molecule has 0 N–H and O–H groups in total. The third-order valence-electron chi connectivity index (χ3n) is 11.5. The maximum absolute atomic E-state index is 5.65. The second kappa shape index (κ2) is 5.44. The fourth-order valence-electron chi connectivity index (χ4n) is 9.31. The summed E-state index contributed by atoms with van der Waals surface area (Å²) >= 11 is 10.9. The smallest absolute Gasteiger partial charge is 0.0222 e. The maximum Gasteiger partial charge on any atom is 0.0222 e. The summed E-state index contributed by atoms with van der Waals surface area (Å²) in [5.41, 5.74) is 1.42. The molecule has 148 valence electrons. The van der Waals surface area contributed by atoms with Gasteiger partial charge in [-0.25, -0.2) is 0 Å². The Morgan fingerprint density at radius 2 is 1.54 bits per heavy atom. The van der Waals surface area contributed by atoms with Crippen molar-refractivity contribution in [2.24, 2.45) is 51.8 Å².